The maximum atomic E-state index is 4.00. The second kappa shape index (κ2) is 5.50. The van der Waals surface area contributed by atoms with Gasteiger partial charge in [0, 0.05) is 24.0 Å². The second-order valence-corrected chi connectivity index (χ2v) is 6.93. The number of fused-ring (bicyclic) bond motifs is 1. The maximum absolute atomic E-state index is 4.00. The van der Waals surface area contributed by atoms with E-state index in [1.807, 2.05) is 0 Å². The van der Waals surface area contributed by atoms with E-state index in [0.717, 1.165) is 30.0 Å². The van der Waals surface area contributed by atoms with Gasteiger partial charge in [-0.05, 0) is 43.7 Å². The lowest BCUT2D eigenvalue weighted by Crippen LogP contribution is -2.55. The molecule has 2 nitrogen and oxygen atoms in total. The fraction of sp³-hybridized carbons (Fsp3) is 0.667. The fourth-order valence-electron chi connectivity index (χ4n) is 4.46. The smallest absolute Gasteiger partial charge is 0.0145 e. The molecule has 0 aromatic heterocycles. The van der Waals surface area contributed by atoms with E-state index < -0.39 is 0 Å². The Labute approximate surface area is 122 Å². The van der Waals surface area contributed by atoms with E-state index >= 15 is 0 Å². The summed E-state index contributed by atoms with van der Waals surface area (Å²) in [4.78, 5) is 0. The van der Waals surface area contributed by atoms with Crippen molar-refractivity contribution in [1.82, 2.24) is 10.6 Å². The van der Waals surface area contributed by atoms with Crippen molar-refractivity contribution in [3.8, 4) is 0 Å². The van der Waals surface area contributed by atoms with Gasteiger partial charge in [0.25, 0.3) is 0 Å². The zero-order valence-electron chi connectivity index (χ0n) is 12.2. The molecule has 20 heavy (non-hydrogen) atoms. The van der Waals surface area contributed by atoms with Gasteiger partial charge < -0.3 is 10.6 Å². The Bertz CT molecular complexity index is 442. The second-order valence-electron chi connectivity index (χ2n) is 6.93. The first kappa shape index (κ1) is 12.8. The summed E-state index contributed by atoms with van der Waals surface area (Å²) in [5.74, 6) is 1.66. The third-order valence-corrected chi connectivity index (χ3v) is 5.64. The van der Waals surface area contributed by atoms with Crippen LogP contribution in [-0.4, -0.2) is 24.7 Å². The molecule has 0 amide bonds. The number of hydrogen-bond acceptors (Lipinski definition) is 2. The molecule has 2 N–H and O–H groups in total. The third-order valence-electron chi connectivity index (χ3n) is 5.64. The van der Waals surface area contributed by atoms with Gasteiger partial charge >= 0.3 is 0 Å². The van der Waals surface area contributed by atoms with Crippen molar-refractivity contribution in [2.24, 2.45) is 5.92 Å². The Balaban J connectivity index is 1.38. The van der Waals surface area contributed by atoms with E-state index in [4.69, 9.17) is 0 Å². The summed E-state index contributed by atoms with van der Waals surface area (Å²) in [6.07, 6.45) is 8.35. The van der Waals surface area contributed by atoms with E-state index in [0.29, 0.717) is 0 Å². The zero-order valence-corrected chi connectivity index (χ0v) is 12.2. The van der Waals surface area contributed by atoms with E-state index in [1.165, 1.54) is 50.6 Å². The van der Waals surface area contributed by atoms with Gasteiger partial charge in [-0.25, -0.2) is 0 Å². The summed E-state index contributed by atoms with van der Waals surface area (Å²) in [6, 6.07) is 13.3. The fourth-order valence-corrected chi connectivity index (χ4v) is 4.46. The Morgan fingerprint density at radius 2 is 1.80 bits per heavy atom. The summed E-state index contributed by atoms with van der Waals surface area (Å²) >= 11 is 0. The van der Waals surface area contributed by atoms with Crippen molar-refractivity contribution in [2.45, 2.75) is 62.6 Å². The summed E-state index contributed by atoms with van der Waals surface area (Å²) in [6.45, 7) is 1.21. The lowest BCUT2D eigenvalue weighted by Gasteiger charge is -2.42. The molecule has 3 aliphatic rings. The molecule has 1 aromatic carbocycles. The highest BCUT2D eigenvalue weighted by Gasteiger charge is 2.42. The standard InChI is InChI=1S/C18H26N2/c1-2-6-13(7-3-1)15-12-18(15)20-17-10-11-19-16-9-5-4-8-14(16)17/h1-3,6-7,14-20H,4-5,8-12H2/t14?,15?,16?,17?,18-/m0/s1. The van der Waals surface area contributed by atoms with E-state index in [2.05, 4.69) is 41.0 Å². The molecule has 0 bridgehead atoms. The van der Waals surface area contributed by atoms with Crippen LogP contribution in [0.2, 0.25) is 0 Å². The molecule has 5 atom stereocenters. The number of nitrogens with one attached hydrogen (secondary N) is 2. The Kier molecular flexibility index (Phi) is 3.53. The average molecular weight is 270 g/mol. The normalized spacial score (nSPS) is 40.1. The first-order valence-electron chi connectivity index (χ1n) is 8.46. The summed E-state index contributed by atoms with van der Waals surface area (Å²) < 4.78 is 0. The lowest BCUT2D eigenvalue weighted by atomic mass is 9.76. The first-order valence-corrected chi connectivity index (χ1v) is 8.46. The van der Waals surface area contributed by atoms with Crippen LogP contribution >= 0.6 is 0 Å². The van der Waals surface area contributed by atoms with Crippen LogP contribution in [0.4, 0.5) is 0 Å². The van der Waals surface area contributed by atoms with E-state index in [1.54, 1.807) is 0 Å². The predicted octanol–water partition coefficient (Wildman–Crippen LogP) is 3.05. The summed E-state index contributed by atoms with van der Waals surface area (Å²) in [5.41, 5.74) is 1.53. The van der Waals surface area contributed by atoms with Gasteiger partial charge in [-0.1, -0.05) is 43.2 Å². The average Bonchev–Trinajstić information content (AvgIpc) is 3.28. The molecule has 4 unspecified atom stereocenters. The number of benzene rings is 1. The molecule has 108 valence electrons. The largest absolute Gasteiger partial charge is 0.314 e. The molecule has 0 spiro atoms. The van der Waals surface area contributed by atoms with Crippen molar-refractivity contribution in [3.05, 3.63) is 35.9 Å². The van der Waals surface area contributed by atoms with Crippen molar-refractivity contribution < 1.29 is 0 Å². The predicted molar refractivity (Wildman–Crippen MR) is 82.9 cm³/mol. The lowest BCUT2D eigenvalue weighted by molar-refractivity contribution is 0.160. The van der Waals surface area contributed by atoms with Crippen molar-refractivity contribution in [3.63, 3.8) is 0 Å². The molecule has 2 heteroatoms. The molecule has 1 heterocycles. The van der Waals surface area contributed by atoms with Crippen LogP contribution in [0.15, 0.2) is 30.3 Å². The van der Waals surface area contributed by atoms with Crippen molar-refractivity contribution in [2.75, 3.05) is 6.54 Å². The Hall–Kier alpha value is -0.860. The Morgan fingerprint density at radius 3 is 2.70 bits per heavy atom. The Morgan fingerprint density at radius 1 is 0.950 bits per heavy atom. The molecular weight excluding hydrogens is 244 g/mol. The molecular formula is C18H26N2. The first-order chi connectivity index (χ1) is 9.92. The molecule has 2 saturated carbocycles. The highest BCUT2D eigenvalue weighted by Crippen LogP contribution is 2.42. The molecule has 1 aromatic rings. The van der Waals surface area contributed by atoms with Gasteiger partial charge in [0.15, 0.2) is 0 Å². The number of rotatable bonds is 3. The number of hydrogen-bond donors (Lipinski definition) is 2. The monoisotopic (exact) mass is 270 g/mol. The third kappa shape index (κ3) is 2.51. The van der Waals surface area contributed by atoms with E-state index in [9.17, 15) is 0 Å². The van der Waals surface area contributed by atoms with Gasteiger partial charge in [-0.2, -0.15) is 0 Å². The molecule has 2 aliphatic carbocycles. The van der Waals surface area contributed by atoms with Crippen LogP contribution in [0.5, 0.6) is 0 Å². The molecule has 1 saturated heterocycles. The summed E-state index contributed by atoms with van der Waals surface area (Å²) in [7, 11) is 0. The quantitative estimate of drug-likeness (QED) is 0.882. The maximum Gasteiger partial charge on any atom is 0.0145 e. The molecule has 0 radical (unpaired) electrons. The minimum atomic E-state index is 0.739. The van der Waals surface area contributed by atoms with Gasteiger partial charge in [0.05, 0.1) is 0 Å². The minimum Gasteiger partial charge on any atom is -0.314 e. The van der Waals surface area contributed by atoms with Crippen LogP contribution in [0.25, 0.3) is 0 Å². The molecule has 4 rings (SSSR count). The van der Waals surface area contributed by atoms with E-state index in [-0.39, 0.29) is 0 Å². The van der Waals surface area contributed by atoms with Crippen LogP contribution in [0, 0.1) is 5.92 Å². The van der Waals surface area contributed by atoms with Gasteiger partial charge in [-0.3, -0.25) is 0 Å². The molecule has 3 fully saturated rings. The highest BCUT2D eigenvalue weighted by molar-refractivity contribution is 5.27. The minimum absolute atomic E-state index is 0.739. The van der Waals surface area contributed by atoms with Crippen LogP contribution in [-0.2, 0) is 0 Å². The van der Waals surface area contributed by atoms with Crippen molar-refractivity contribution in [1.29, 1.82) is 0 Å². The highest BCUT2D eigenvalue weighted by atomic mass is 15.1. The van der Waals surface area contributed by atoms with Gasteiger partial charge in [-0.15, -0.1) is 0 Å². The van der Waals surface area contributed by atoms with Crippen molar-refractivity contribution >= 4 is 0 Å². The van der Waals surface area contributed by atoms with Gasteiger partial charge in [0.2, 0.25) is 0 Å². The molecule has 1 aliphatic heterocycles. The zero-order chi connectivity index (χ0) is 13.4. The SMILES string of the molecule is c1ccc(C2C[C@@H]2NC2CCNC3CCCCC32)cc1. The number of piperidine rings is 1. The van der Waals surface area contributed by atoms with Gasteiger partial charge in [0.1, 0.15) is 0 Å². The van der Waals surface area contributed by atoms with Crippen LogP contribution in [0.1, 0.15) is 50.0 Å². The summed E-state index contributed by atoms with van der Waals surface area (Å²) in [5, 5.41) is 7.75. The van der Waals surface area contributed by atoms with Crippen LogP contribution in [0.3, 0.4) is 0 Å². The van der Waals surface area contributed by atoms with Crippen LogP contribution < -0.4 is 10.6 Å². The topological polar surface area (TPSA) is 24.1 Å².